The van der Waals surface area contributed by atoms with Gasteiger partial charge in [-0.3, -0.25) is 0 Å². The van der Waals surface area contributed by atoms with Crippen molar-refractivity contribution in [2.24, 2.45) is 5.92 Å². The normalized spacial score (nSPS) is 23.8. The third-order valence-electron chi connectivity index (χ3n) is 5.15. The van der Waals surface area contributed by atoms with Crippen LogP contribution in [0.5, 0.6) is 0 Å². The second kappa shape index (κ2) is 6.83. The van der Waals surface area contributed by atoms with Gasteiger partial charge in [-0.05, 0) is 58.7 Å². The number of hydrogen-bond donors (Lipinski definition) is 0. The zero-order chi connectivity index (χ0) is 16.5. The topological polar surface area (TPSA) is 27.7 Å². The molecule has 0 amide bonds. The minimum atomic E-state index is -0.0619. The molecule has 1 fully saturated rings. The molecule has 3 nitrogen and oxygen atoms in total. The maximum atomic E-state index is 6.15. The Balaban J connectivity index is 1.72. The van der Waals surface area contributed by atoms with Gasteiger partial charge in [0.1, 0.15) is 0 Å². The lowest BCUT2D eigenvalue weighted by molar-refractivity contribution is -0.168. The first kappa shape index (κ1) is 16.1. The summed E-state index contributed by atoms with van der Waals surface area (Å²) in [6, 6.07) is 10.9. The average molecular weight is 326 g/mol. The molecular weight excluding hydrogens is 300 g/mol. The number of ether oxygens (including phenoxy) is 3. The van der Waals surface area contributed by atoms with E-state index in [-0.39, 0.29) is 12.4 Å². The van der Waals surface area contributed by atoms with Gasteiger partial charge in [-0.15, -0.1) is 0 Å². The summed E-state index contributed by atoms with van der Waals surface area (Å²) in [5.74, 6) is 0.456. The summed E-state index contributed by atoms with van der Waals surface area (Å²) in [7, 11) is 0. The summed E-state index contributed by atoms with van der Waals surface area (Å²) in [5.41, 5.74) is 3.95. The Bertz CT molecular complexity index is 716. The van der Waals surface area contributed by atoms with Crippen LogP contribution in [0.25, 0.3) is 10.8 Å². The lowest BCUT2D eigenvalue weighted by Crippen LogP contribution is -2.22. The minimum Gasteiger partial charge on any atom is -0.369 e. The largest absolute Gasteiger partial charge is 0.369 e. The van der Waals surface area contributed by atoms with Gasteiger partial charge in [-0.2, -0.15) is 0 Å². The van der Waals surface area contributed by atoms with E-state index in [1.165, 1.54) is 33.9 Å². The summed E-state index contributed by atoms with van der Waals surface area (Å²) < 4.78 is 18.0. The zero-order valence-corrected chi connectivity index (χ0v) is 14.6. The van der Waals surface area contributed by atoms with Crippen molar-refractivity contribution in [2.75, 3.05) is 6.61 Å². The van der Waals surface area contributed by atoms with Crippen LogP contribution in [0.1, 0.15) is 55.9 Å². The van der Waals surface area contributed by atoms with E-state index in [1.807, 2.05) is 0 Å². The van der Waals surface area contributed by atoms with Crippen LogP contribution in [-0.2, 0) is 27.4 Å². The highest BCUT2D eigenvalue weighted by molar-refractivity contribution is 5.88. The lowest BCUT2D eigenvalue weighted by atomic mass is 9.89. The molecular formula is C21H26O3. The number of benzene rings is 2. The van der Waals surface area contributed by atoms with E-state index in [0.717, 1.165) is 19.4 Å². The van der Waals surface area contributed by atoms with Crippen molar-refractivity contribution in [3.05, 3.63) is 47.0 Å². The van der Waals surface area contributed by atoms with Crippen LogP contribution in [0.4, 0.5) is 0 Å². The third kappa shape index (κ3) is 2.97. The van der Waals surface area contributed by atoms with Gasteiger partial charge in [0, 0.05) is 6.61 Å². The molecule has 2 unspecified atom stereocenters. The quantitative estimate of drug-likeness (QED) is 0.781. The van der Waals surface area contributed by atoms with Crippen molar-refractivity contribution in [3.8, 4) is 0 Å². The Labute approximate surface area is 143 Å². The van der Waals surface area contributed by atoms with E-state index in [4.69, 9.17) is 14.2 Å². The summed E-state index contributed by atoms with van der Waals surface area (Å²) in [6.45, 7) is 6.57. The van der Waals surface area contributed by atoms with Crippen molar-refractivity contribution >= 4 is 10.8 Å². The van der Waals surface area contributed by atoms with Gasteiger partial charge in [0.15, 0.2) is 6.29 Å². The Morgan fingerprint density at radius 1 is 1.17 bits per heavy atom. The SMILES string of the molecule is CC(C)C1OCc2cc3ccccc3c(COC3CCCCO3)c21. The van der Waals surface area contributed by atoms with Crippen molar-refractivity contribution < 1.29 is 14.2 Å². The maximum absolute atomic E-state index is 6.15. The number of fused-ring (bicyclic) bond motifs is 2. The van der Waals surface area contributed by atoms with Crippen LogP contribution in [0, 0.1) is 5.92 Å². The second-order valence-electron chi connectivity index (χ2n) is 7.23. The molecule has 4 rings (SSSR count). The van der Waals surface area contributed by atoms with Crippen molar-refractivity contribution in [3.63, 3.8) is 0 Å². The molecule has 0 saturated carbocycles. The first-order chi connectivity index (χ1) is 11.7. The Morgan fingerprint density at radius 2 is 2.04 bits per heavy atom. The highest BCUT2D eigenvalue weighted by atomic mass is 16.7. The summed E-state index contributed by atoms with van der Waals surface area (Å²) in [4.78, 5) is 0. The molecule has 2 aromatic rings. The fourth-order valence-electron chi connectivity index (χ4n) is 3.94. The van der Waals surface area contributed by atoms with Crippen molar-refractivity contribution in [1.29, 1.82) is 0 Å². The Morgan fingerprint density at radius 3 is 2.83 bits per heavy atom. The molecule has 2 heterocycles. The molecule has 24 heavy (non-hydrogen) atoms. The van der Waals surface area contributed by atoms with E-state index < -0.39 is 0 Å². The van der Waals surface area contributed by atoms with Crippen LogP contribution in [0.2, 0.25) is 0 Å². The molecule has 0 N–H and O–H groups in total. The fourth-order valence-corrected chi connectivity index (χ4v) is 3.94. The van der Waals surface area contributed by atoms with Gasteiger partial charge in [-0.1, -0.05) is 38.1 Å². The molecule has 2 atom stereocenters. The summed E-state index contributed by atoms with van der Waals surface area (Å²) in [5, 5.41) is 2.55. The molecule has 0 aromatic heterocycles. The number of hydrogen-bond acceptors (Lipinski definition) is 3. The van der Waals surface area contributed by atoms with E-state index in [1.54, 1.807) is 0 Å². The fraction of sp³-hybridized carbons (Fsp3) is 0.524. The zero-order valence-electron chi connectivity index (χ0n) is 14.6. The minimum absolute atomic E-state index is 0.0619. The Kier molecular flexibility index (Phi) is 4.57. The van der Waals surface area contributed by atoms with Gasteiger partial charge < -0.3 is 14.2 Å². The highest BCUT2D eigenvalue weighted by Crippen LogP contribution is 2.41. The summed E-state index contributed by atoms with van der Waals surface area (Å²) in [6.07, 6.45) is 3.43. The van der Waals surface area contributed by atoms with E-state index in [2.05, 4.69) is 44.2 Å². The summed E-state index contributed by atoms with van der Waals surface area (Å²) >= 11 is 0. The van der Waals surface area contributed by atoms with Crippen LogP contribution in [0.15, 0.2) is 30.3 Å². The van der Waals surface area contributed by atoms with Crippen molar-refractivity contribution in [1.82, 2.24) is 0 Å². The van der Waals surface area contributed by atoms with Crippen LogP contribution in [0.3, 0.4) is 0 Å². The van der Waals surface area contributed by atoms with Crippen LogP contribution >= 0.6 is 0 Å². The van der Waals surface area contributed by atoms with E-state index >= 15 is 0 Å². The van der Waals surface area contributed by atoms with Gasteiger partial charge in [0.2, 0.25) is 0 Å². The molecule has 0 bridgehead atoms. The van der Waals surface area contributed by atoms with Crippen molar-refractivity contribution in [2.45, 2.75) is 58.7 Å². The molecule has 0 radical (unpaired) electrons. The predicted octanol–water partition coefficient (Wildman–Crippen LogP) is 5.11. The number of rotatable bonds is 4. The molecule has 0 aliphatic carbocycles. The monoisotopic (exact) mass is 326 g/mol. The predicted molar refractivity (Wildman–Crippen MR) is 94.7 cm³/mol. The molecule has 128 valence electrons. The molecule has 2 aliphatic rings. The standard InChI is InChI=1S/C21H26O3/c1-14(2)21-20-16(12-24-21)11-15-7-3-4-8-17(15)18(20)13-23-19-9-5-6-10-22-19/h3-4,7-8,11,14,19,21H,5-6,9-10,12-13H2,1-2H3. The van der Waals surface area contributed by atoms with Crippen LogP contribution in [-0.4, -0.2) is 12.9 Å². The Hall–Kier alpha value is -1.42. The van der Waals surface area contributed by atoms with Gasteiger partial charge in [-0.25, -0.2) is 0 Å². The molecule has 2 aliphatic heterocycles. The second-order valence-corrected chi connectivity index (χ2v) is 7.23. The molecule has 3 heteroatoms. The maximum Gasteiger partial charge on any atom is 0.158 e. The first-order valence-corrected chi connectivity index (χ1v) is 9.12. The van der Waals surface area contributed by atoms with E-state index in [0.29, 0.717) is 19.1 Å². The van der Waals surface area contributed by atoms with Gasteiger partial charge >= 0.3 is 0 Å². The lowest BCUT2D eigenvalue weighted by Gasteiger charge is -2.25. The van der Waals surface area contributed by atoms with Gasteiger partial charge in [0.05, 0.1) is 19.3 Å². The highest BCUT2D eigenvalue weighted by Gasteiger charge is 2.30. The first-order valence-electron chi connectivity index (χ1n) is 9.12. The van der Waals surface area contributed by atoms with Crippen LogP contribution < -0.4 is 0 Å². The average Bonchev–Trinajstić information content (AvgIpc) is 3.03. The molecule has 0 spiro atoms. The molecule has 1 saturated heterocycles. The van der Waals surface area contributed by atoms with Gasteiger partial charge in [0.25, 0.3) is 0 Å². The molecule has 2 aromatic carbocycles. The van der Waals surface area contributed by atoms with E-state index in [9.17, 15) is 0 Å². The smallest absolute Gasteiger partial charge is 0.158 e. The third-order valence-corrected chi connectivity index (χ3v) is 5.15.